The van der Waals surface area contributed by atoms with E-state index in [-0.39, 0.29) is 0 Å². The van der Waals surface area contributed by atoms with Gasteiger partial charge in [-0.25, -0.2) is 9.97 Å². The molecule has 9 aromatic rings. The normalized spacial score (nSPS) is 11.6. The molecule has 208 valence electrons. The smallest absolute Gasteiger partial charge is 0.146 e. The molecule has 0 aliphatic carbocycles. The number of imidazole rings is 1. The summed E-state index contributed by atoms with van der Waals surface area (Å²) in [7, 11) is 0. The van der Waals surface area contributed by atoms with Gasteiger partial charge in [0.15, 0.2) is 0 Å². The molecule has 0 saturated heterocycles. The molecule has 5 heterocycles. The van der Waals surface area contributed by atoms with E-state index in [0.29, 0.717) is 0 Å². The number of aromatic nitrogens is 4. The maximum atomic E-state index is 5.37. The van der Waals surface area contributed by atoms with Crippen molar-refractivity contribution in [2.75, 3.05) is 0 Å². The van der Waals surface area contributed by atoms with E-state index in [1.165, 1.54) is 26.3 Å². The second-order valence-electron chi connectivity index (χ2n) is 10.7. The van der Waals surface area contributed by atoms with Crippen LogP contribution in [0.25, 0.3) is 76.6 Å². The van der Waals surface area contributed by atoms with Crippen molar-refractivity contribution < 1.29 is 0 Å². The van der Waals surface area contributed by atoms with E-state index in [1.807, 2.05) is 30.5 Å². The van der Waals surface area contributed by atoms with Crippen LogP contribution >= 0.6 is 22.7 Å². The minimum absolute atomic E-state index is 0.848. The molecular formula is C38H24N4S2. The third kappa shape index (κ3) is 3.96. The van der Waals surface area contributed by atoms with Crippen LogP contribution in [0.5, 0.6) is 0 Å². The lowest BCUT2D eigenvalue weighted by molar-refractivity contribution is 1.03. The van der Waals surface area contributed by atoms with Crippen LogP contribution < -0.4 is 0 Å². The zero-order valence-electron chi connectivity index (χ0n) is 23.5. The molecule has 0 unspecified atom stereocenters. The fourth-order valence-corrected chi connectivity index (χ4v) is 7.71. The minimum atomic E-state index is 0.848. The summed E-state index contributed by atoms with van der Waals surface area (Å²) < 4.78 is 4.59. The number of hydrogen-bond donors (Lipinski definition) is 0. The average molecular weight is 601 g/mol. The van der Waals surface area contributed by atoms with Crippen LogP contribution in [0, 0.1) is 0 Å². The summed E-state index contributed by atoms with van der Waals surface area (Å²) in [5.74, 6) is 1.73. The fourth-order valence-electron chi connectivity index (χ4n) is 6.28. The van der Waals surface area contributed by atoms with Gasteiger partial charge in [0.1, 0.15) is 11.6 Å². The Balaban J connectivity index is 1.38. The summed E-state index contributed by atoms with van der Waals surface area (Å²) in [6, 6.07) is 45.1. The van der Waals surface area contributed by atoms with Gasteiger partial charge in [0.05, 0.1) is 22.1 Å². The van der Waals surface area contributed by atoms with E-state index in [9.17, 15) is 0 Å². The van der Waals surface area contributed by atoms with Crippen LogP contribution in [0.3, 0.4) is 0 Å². The molecule has 0 aliphatic rings. The van der Waals surface area contributed by atoms with Gasteiger partial charge in [0.25, 0.3) is 0 Å². The largest absolute Gasteiger partial charge is 0.309 e. The molecule has 0 radical (unpaired) electrons. The number of nitrogens with zero attached hydrogens (tertiary/aromatic N) is 4. The fraction of sp³-hybridized carbons (Fsp3) is 0. The van der Waals surface area contributed by atoms with Crippen molar-refractivity contribution >= 4 is 55.5 Å². The van der Waals surface area contributed by atoms with Crippen LogP contribution in [0.15, 0.2) is 144 Å². The molecular weight excluding hydrogens is 577 g/mol. The van der Waals surface area contributed by atoms with Crippen molar-refractivity contribution in [1.29, 1.82) is 0 Å². The van der Waals surface area contributed by atoms with Gasteiger partial charge < -0.3 is 4.57 Å². The van der Waals surface area contributed by atoms with Gasteiger partial charge in [-0.15, -0.1) is 22.7 Å². The SMILES string of the molecule is c1ccc(-c2nc3c4c5ccccc5n(-c5cc(-c6cccs6)cc(-c6cccs6)c5)c4ccc3n2-c2ccccn2)cc1. The summed E-state index contributed by atoms with van der Waals surface area (Å²) in [5.41, 5.74) is 8.91. The van der Waals surface area contributed by atoms with Gasteiger partial charge in [-0.05, 0) is 82.6 Å². The summed E-state index contributed by atoms with van der Waals surface area (Å²) in [6.07, 6.45) is 1.84. The third-order valence-corrected chi connectivity index (χ3v) is 10.00. The first-order valence-electron chi connectivity index (χ1n) is 14.5. The highest BCUT2D eigenvalue weighted by atomic mass is 32.1. The molecule has 44 heavy (non-hydrogen) atoms. The van der Waals surface area contributed by atoms with Gasteiger partial charge in [0, 0.05) is 38.0 Å². The maximum Gasteiger partial charge on any atom is 0.146 e. The first-order valence-corrected chi connectivity index (χ1v) is 16.2. The van der Waals surface area contributed by atoms with Crippen molar-refractivity contribution in [3.63, 3.8) is 0 Å². The predicted octanol–water partition coefficient (Wildman–Crippen LogP) is 10.6. The third-order valence-electron chi connectivity index (χ3n) is 8.16. The summed E-state index contributed by atoms with van der Waals surface area (Å²) >= 11 is 3.55. The van der Waals surface area contributed by atoms with Crippen molar-refractivity contribution in [2.45, 2.75) is 0 Å². The Hall–Kier alpha value is -5.30. The number of para-hydroxylation sites is 1. The van der Waals surface area contributed by atoms with Gasteiger partial charge in [-0.2, -0.15) is 0 Å². The van der Waals surface area contributed by atoms with Gasteiger partial charge in [-0.1, -0.05) is 66.7 Å². The molecule has 4 nitrogen and oxygen atoms in total. The Labute approximate surface area is 261 Å². The molecule has 0 amide bonds. The standard InChI is InChI=1S/C38H24N4S2/c1-2-10-25(11-3-1)38-40-37-32(42(38)35-16-6-7-19-39-35)18-17-31-36(37)29-12-4-5-13-30(29)41(31)28-23-26(33-14-8-20-43-33)22-27(24-28)34-15-9-21-44-34/h1-24H. The monoisotopic (exact) mass is 600 g/mol. The summed E-state index contributed by atoms with van der Waals surface area (Å²) in [4.78, 5) is 12.6. The highest BCUT2D eigenvalue weighted by Gasteiger charge is 2.22. The van der Waals surface area contributed by atoms with Crippen LogP contribution in [-0.4, -0.2) is 19.1 Å². The van der Waals surface area contributed by atoms with Crippen molar-refractivity contribution in [3.8, 4) is 43.8 Å². The molecule has 9 rings (SSSR count). The highest BCUT2D eigenvalue weighted by molar-refractivity contribution is 7.14. The predicted molar refractivity (Wildman–Crippen MR) is 185 cm³/mol. The first-order chi connectivity index (χ1) is 21.8. The Morgan fingerprint density at radius 2 is 1.23 bits per heavy atom. The topological polar surface area (TPSA) is 35.6 Å². The maximum absolute atomic E-state index is 5.37. The zero-order valence-corrected chi connectivity index (χ0v) is 25.1. The van der Waals surface area contributed by atoms with E-state index in [2.05, 4.69) is 123 Å². The molecule has 0 saturated carbocycles. The molecule has 4 aromatic carbocycles. The molecule has 0 atom stereocenters. The number of fused-ring (bicyclic) bond motifs is 5. The number of hydrogen-bond acceptors (Lipinski definition) is 4. The van der Waals surface area contributed by atoms with Crippen LogP contribution in [-0.2, 0) is 0 Å². The Bertz CT molecular complexity index is 2370. The quantitative estimate of drug-likeness (QED) is 0.197. The Morgan fingerprint density at radius 1 is 0.523 bits per heavy atom. The molecule has 0 spiro atoms. The summed E-state index contributed by atoms with van der Waals surface area (Å²) in [5, 5.41) is 6.61. The minimum Gasteiger partial charge on any atom is -0.309 e. The van der Waals surface area contributed by atoms with E-state index in [4.69, 9.17) is 9.97 Å². The van der Waals surface area contributed by atoms with E-state index >= 15 is 0 Å². The molecule has 6 heteroatoms. The van der Waals surface area contributed by atoms with Crippen LogP contribution in [0.4, 0.5) is 0 Å². The number of rotatable bonds is 5. The molecule has 0 bridgehead atoms. The van der Waals surface area contributed by atoms with Crippen molar-refractivity contribution in [3.05, 3.63) is 144 Å². The summed E-state index contributed by atoms with van der Waals surface area (Å²) in [6.45, 7) is 0. The number of pyridine rings is 1. The second kappa shape index (κ2) is 10.2. The Kier molecular flexibility index (Phi) is 5.82. The molecule has 0 fully saturated rings. The van der Waals surface area contributed by atoms with Crippen LogP contribution in [0.2, 0.25) is 0 Å². The van der Waals surface area contributed by atoms with Crippen molar-refractivity contribution in [1.82, 2.24) is 19.1 Å². The Morgan fingerprint density at radius 3 is 1.93 bits per heavy atom. The second-order valence-corrected chi connectivity index (χ2v) is 12.6. The highest BCUT2D eigenvalue weighted by Crippen LogP contribution is 2.41. The van der Waals surface area contributed by atoms with Gasteiger partial charge in [0.2, 0.25) is 0 Å². The van der Waals surface area contributed by atoms with Gasteiger partial charge >= 0.3 is 0 Å². The number of thiophene rings is 2. The lowest BCUT2D eigenvalue weighted by atomic mass is 10.1. The van der Waals surface area contributed by atoms with E-state index in [0.717, 1.165) is 50.3 Å². The molecule has 0 N–H and O–H groups in total. The van der Waals surface area contributed by atoms with Crippen molar-refractivity contribution in [2.24, 2.45) is 0 Å². The lowest BCUT2D eigenvalue weighted by Crippen LogP contribution is -1.99. The van der Waals surface area contributed by atoms with E-state index < -0.39 is 0 Å². The number of benzene rings is 4. The first kappa shape index (κ1) is 25.2. The van der Waals surface area contributed by atoms with E-state index in [1.54, 1.807) is 22.7 Å². The lowest BCUT2D eigenvalue weighted by Gasteiger charge is -2.12. The molecule has 5 aromatic heterocycles. The zero-order chi connectivity index (χ0) is 29.0. The molecule has 0 aliphatic heterocycles. The van der Waals surface area contributed by atoms with Gasteiger partial charge in [-0.3, -0.25) is 4.57 Å². The van der Waals surface area contributed by atoms with Crippen LogP contribution in [0.1, 0.15) is 0 Å². The average Bonchev–Trinajstić information content (AvgIpc) is 3.90.